The summed E-state index contributed by atoms with van der Waals surface area (Å²) in [4.78, 5) is 10.6. The molecule has 0 spiro atoms. The van der Waals surface area contributed by atoms with Crippen molar-refractivity contribution >= 4 is 5.95 Å². The molecule has 1 fully saturated rings. The highest BCUT2D eigenvalue weighted by Gasteiger charge is 2.29. The minimum Gasteiger partial charge on any atom is -0.388 e. The van der Waals surface area contributed by atoms with Gasteiger partial charge in [0.15, 0.2) is 0 Å². The molecule has 2 heterocycles. The third-order valence-corrected chi connectivity index (χ3v) is 2.73. The molecule has 0 bridgehead atoms. The van der Waals surface area contributed by atoms with Crippen LogP contribution in [0.4, 0.5) is 5.95 Å². The van der Waals surface area contributed by atoms with E-state index in [9.17, 15) is 5.11 Å². The van der Waals surface area contributed by atoms with Crippen molar-refractivity contribution < 1.29 is 5.11 Å². The van der Waals surface area contributed by atoms with E-state index in [4.69, 9.17) is 0 Å². The van der Waals surface area contributed by atoms with E-state index in [1.165, 1.54) is 0 Å². The molecule has 1 unspecified atom stereocenters. The zero-order chi connectivity index (χ0) is 10.9. The topological polar surface area (TPSA) is 49.2 Å². The average molecular weight is 207 g/mol. The number of anilines is 1. The van der Waals surface area contributed by atoms with Crippen LogP contribution in [0.3, 0.4) is 0 Å². The zero-order valence-electron chi connectivity index (χ0n) is 9.27. The van der Waals surface area contributed by atoms with E-state index in [0.717, 1.165) is 30.9 Å². The molecule has 82 valence electrons. The predicted octanol–water partition coefficient (Wildman–Crippen LogP) is 1.14. The molecule has 2 rings (SSSR count). The van der Waals surface area contributed by atoms with Gasteiger partial charge in [0.2, 0.25) is 5.95 Å². The van der Waals surface area contributed by atoms with E-state index in [-0.39, 0.29) is 0 Å². The summed E-state index contributed by atoms with van der Waals surface area (Å²) in [5.41, 5.74) is 0.453. The van der Waals surface area contributed by atoms with Crippen LogP contribution in [0.1, 0.15) is 25.3 Å². The van der Waals surface area contributed by atoms with Crippen LogP contribution in [0.15, 0.2) is 12.4 Å². The first-order valence-corrected chi connectivity index (χ1v) is 5.33. The van der Waals surface area contributed by atoms with E-state index < -0.39 is 5.60 Å². The summed E-state index contributed by atoms with van der Waals surface area (Å²) in [6.45, 7) is 5.39. The van der Waals surface area contributed by atoms with E-state index in [1.54, 1.807) is 0 Å². The molecule has 0 aliphatic carbocycles. The van der Waals surface area contributed by atoms with Gasteiger partial charge in [-0.25, -0.2) is 9.97 Å². The monoisotopic (exact) mass is 207 g/mol. The van der Waals surface area contributed by atoms with Gasteiger partial charge in [0.1, 0.15) is 0 Å². The van der Waals surface area contributed by atoms with Crippen molar-refractivity contribution in [1.82, 2.24) is 9.97 Å². The van der Waals surface area contributed by atoms with Crippen molar-refractivity contribution in [3.63, 3.8) is 0 Å². The Morgan fingerprint density at radius 1 is 1.40 bits per heavy atom. The molecule has 1 aromatic heterocycles. The number of β-amino-alcohol motifs (C(OH)–C–C–N with tert-alkyl or cyclic N) is 1. The molecular weight excluding hydrogens is 190 g/mol. The molecular formula is C11H17N3O. The SMILES string of the molecule is Cc1cnc(N2CCCC(C)(O)C2)nc1. The second kappa shape index (κ2) is 3.77. The van der Waals surface area contributed by atoms with E-state index in [2.05, 4.69) is 9.97 Å². The van der Waals surface area contributed by atoms with Gasteiger partial charge in [-0.15, -0.1) is 0 Å². The third-order valence-electron chi connectivity index (χ3n) is 2.73. The van der Waals surface area contributed by atoms with Crippen molar-refractivity contribution in [2.75, 3.05) is 18.0 Å². The first-order chi connectivity index (χ1) is 7.07. The average Bonchev–Trinajstić information content (AvgIpc) is 2.17. The van der Waals surface area contributed by atoms with Gasteiger partial charge in [0.05, 0.1) is 5.60 Å². The summed E-state index contributed by atoms with van der Waals surface area (Å²) in [6.07, 6.45) is 5.47. The minimum absolute atomic E-state index is 0.605. The number of aromatic nitrogens is 2. The maximum absolute atomic E-state index is 9.96. The van der Waals surface area contributed by atoms with Crippen LogP contribution >= 0.6 is 0 Å². The fraction of sp³-hybridized carbons (Fsp3) is 0.636. The zero-order valence-corrected chi connectivity index (χ0v) is 9.27. The molecule has 1 saturated heterocycles. The van der Waals surface area contributed by atoms with Crippen LogP contribution in [-0.2, 0) is 0 Å². The van der Waals surface area contributed by atoms with Gasteiger partial charge in [-0.2, -0.15) is 0 Å². The van der Waals surface area contributed by atoms with Gasteiger partial charge < -0.3 is 10.0 Å². The minimum atomic E-state index is -0.605. The van der Waals surface area contributed by atoms with Crippen molar-refractivity contribution in [1.29, 1.82) is 0 Å². The molecule has 0 radical (unpaired) electrons. The Labute approximate surface area is 90.0 Å². The van der Waals surface area contributed by atoms with Crippen LogP contribution in [-0.4, -0.2) is 33.8 Å². The standard InChI is InChI=1S/C11H17N3O/c1-9-6-12-10(13-7-9)14-5-3-4-11(2,15)8-14/h6-7,15H,3-5,8H2,1-2H3. The quantitative estimate of drug-likeness (QED) is 0.750. The summed E-state index contributed by atoms with van der Waals surface area (Å²) < 4.78 is 0. The van der Waals surface area contributed by atoms with Crippen LogP contribution in [0, 0.1) is 6.92 Å². The summed E-state index contributed by atoms with van der Waals surface area (Å²) in [5.74, 6) is 0.723. The maximum Gasteiger partial charge on any atom is 0.225 e. The lowest BCUT2D eigenvalue weighted by Crippen LogP contribution is -2.46. The molecule has 0 saturated carbocycles. The van der Waals surface area contributed by atoms with E-state index in [0.29, 0.717) is 6.54 Å². The van der Waals surface area contributed by atoms with E-state index >= 15 is 0 Å². The lowest BCUT2D eigenvalue weighted by atomic mass is 9.95. The molecule has 4 heteroatoms. The molecule has 1 aliphatic heterocycles. The normalized spacial score (nSPS) is 26.7. The fourth-order valence-corrected chi connectivity index (χ4v) is 1.94. The van der Waals surface area contributed by atoms with Gasteiger partial charge in [-0.05, 0) is 32.3 Å². The number of aryl methyl sites for hydroxylation is 1. The summed E-state index contributed by atoms with van der Waals surface area (Å²) in [7, 11) is 0. The number of hydrogen-bond acceptors (Lipinski definition) is 4. The molecule has 0 aromatic carbocycles. The van der Waals surface area contributed by atoms with Crippen molar-refractivity contribution in [2.24, 2.45) is 0 Å². The van der Waals surface area contributed by atoms with Crippen LogP contribution in [0.5, 0.6) is 0 Å². The second-order valence-electron chi connectivity index (χ2n) is 4.58. The number of rotatable bonds is 1. The van der Waals surface area contributed by atoms with Crippen molar-refractivity contribution in [3.8, 4) is 0 Å². The first kappa shape index (κ1) is 10.4. The Hall–Kier alpha value is -1.16. The summed E-state index contributed by atoms with van der Waals surface area (Å²) in [6, 6.07) is 0. The van der Waals surface area contributed by atoms with Gasteiger partial charge in [0.25, 0.3) is 0 Å². The molecule has 0 amide bonds. The number of nitrogens with zero attached hydrogens (tertiary/aromatic N) is 3. The molecule has 1 atom stereocenters. The van der Waals surface area contributed by atoms with Crippen LogP contribution < -0.4 is 4.90 Å². The highest BCUT2D eigenvalue weighted by atomic mass is 16.3. The van der Waals surface area contributed by atoms with Crippen molar-refractivity contribution in [2.45, 2.75) is 32.3 Å². The highest BCUT2D eigenvalue weighted by molar-refractivity contribution is 5.31. The third kappa shape index (κ3) is 2.45. The summed E-state index contributed by atoms with van der Waals surface area (Å²) >= 11 is 0. The predicted molar refractivity (Wildman–Crippen MR) is 58.8 cm³/mol. The number of aliphatic hydroxyl groups is 1. The van der Waals surface area contributed by atoms with Gasteiger partial charge >= 0.3 is 0 Å². The van der Waals surface area contributed by atoms with Crippen LogP contribution in [0.2, 0.25) is 0 Å². The molecule has 15 heavy (non-hydrogen) atoms. The Bertz CT molecular complexity index is 334. The van der Waals surface area contributed by atoms with Crippen LogP contribution in [0.25, 0.3) is 0 Å². The lowest BCUT2D eigenvalue weighted by molar-refractivity contribution is 0.0444. The highest BCUT2D eigenvalue weighted by Crippen LogP contribution is 2.22. The first-order valence-electron chi connectivity index (χ1n) is 5.33. The summed E-state index contributed by atoms with van der Waals surface area (Å²) in [5, 5.41) is 9.96. The van der Waals surface area contributed by atoms with Gasteiger partial charge in [-0.1, -0.05) is 0 Å². The fourth-order valence-electron chi connectivity index (χ4n) is 1.94. The maximum atomic E-state index is 9.96. The lowest BCUT2D eigenvalue weighted by Gasteiger charge is -2.36. The Balaban J connectivity index is 2.13. The van der Waals surface area contributed by atoms with Crippen molar-refractivity contribution in [3.05, 3.63) is 18.0 Å². The number of hydrogen-bond donors (Lipinski definition) is 1. The number of piperidine rings is 1. The van der Waals surface area contributed by atoms with Gasteiger partial charge in [0, 0.05) is 25.5 Å². The molecule has 1 aliphatic rings. The smallest absolute Gasteiger partial charge is 0.225 e. The van der Waals surface area contributed by atoms with Gasteiger partial charge in [-0.3, -0.25) is 0 Å². The molecule has 1 N–H and O–H groups in total. The largest absolute Gasteiger partial charge is 0.388 e. The second-order valence-corrected chi connectivity index (χ2v) is 4.58. The molecule has 1 aromatic rings. The Kier molecular flexibility index (Phi) is 2.61. The van der Waals surface area contributed by atoms with E-state index in [1.807, 2.05) is 31.1 Å². The Morgan fingerprint density at radius 3 is 2.67 bits per heavy atom. The Morgan fingerprint density at radius 2 is 2.07 bits per heavy atom. The molecule has 4 nitrogen and oxygen atoms in total.